The second-order valence-corrected chi connectivity index (χ2v) is 8.05. The maximum Gasteiger partial charge on any atom is 0.276 e. The number of benzene rings is 1. The van der Waals surface area contributed by atoms with Crippen LogP contribution in [0.25, 0.3) is 0 Å². The molecule has 0 spiro atoms. The summed E-state index contributed by atoms with van der Waals surface area (Å²) in [5.74, 6) is 4.65. The van der Waals surface area contributed by atoms with Crippen molar-refractivity contribution in [1.82, 2.24) is 15.1 Å². The molecule has 1 aromatic heterocycles. The van der Waals surface area contributed by atoms with Gasteiger partial charge in [-0.05, 0) is 11.5 Å². The molecule has 1 aromatic carbocycles. The highest BCUT2D eigenvalue weighted by Crippen LogP contribution is 2.22. The Morgan fingerprint density at radius 3 is 2.78 bits per heavy atom. The Kier molecular flexibility index (Phi) is 6.42. The van der Waals surface area contributed by atoms with Gasteiger partial charge in [-0.1, -0.05) is 49.0 Å². The van der Waals surface area contributed by atoms with Gasteiger partial charge in [-0.25, -0.2) is 0 Å². The first kappa shape index (κ1) is 16.9. The highest BCUT2D eigenvalue weighted by atomic mass is 32.2. The van der Waals surface area contributed by atoms with Crippen LogP contribution in [0.1, 0.15) is 24.3 Å². The van der Waals surface area contributed by atoms with Crippen LogP contribution in [0.4, 0.5) is 0 Å². The van der Waals surface area contributed by atoms with Crippen molar-refractivity contribution >= 4 is 23.5 Å². The average Bonchev–Trinajstić information content (AvgIpc) is 3.04. The van der Waals surface area contributed by atoms with Crippen LogP contribution in [-0.4, -0.2) is 52.0 Å². The van der Waals surface area contributed by atoms with E-state index in [4.69, 9.17) is 4.42 Å². The van der Waals surface area contributed by atoms with E-state index < -0.39 is 0 Å². The molecule has 1 saturated heterocycles. The van der Waals surface area contributed by atoms with E-state index >= 15 is 0 Å². The van der Waals surface area contributed by atoms with E-state index in [0.29, 0.717) is 11.1 Å². The Labute approximate surface area is 146 Å². The molecule has 1 aliphatic rings. The van der Waals surface area contributed by atoms with Gasteiger partial charge in [0.2, 0.25) is 5.89 Å². The van der Waals surface area contributed by atoms with Gasteiger partial charge in [0.25, 0.3) is 5.22 Å². The van der Waals surface area contributed by atoms with E-state index in [-0.39, 0.29) is 0 Å². The van der Waals surface area contributed by atoms with Gasteiger partial charge in [-0.3, -0.25) is 0 Å². The van der Waals surface area contributed by atoms with Gasteiger partial charge in [-0.15, -0.1) is 10.2 Å². The van der Waals surface area contributed by atoms with Gasteiger partial charge in [0, 0.05) is 43.3 Å². The van der Waals surface area contributed by atoms with Crippen molar-refractivity contribution in [1.29, 1.82) is 0 Å². The molecule has 6 heteroatoms. The van der Waals surface area contributed by atoms with Crippen molar-refractivity contribution in [3.63, 3.8) is 0 Å². The first-order chi connectivity index (χ1) is 11.3. The number of rotatable bonds is 7. The molecule has 0 bridgehead atoms. The molecule has 3 rings (SSSR count). The Morgan fingerprint density at radius 2 is 2.00 bits per heavy atom. The fraction of sp³-hybridized carbons (Fsp3) is 0.529. The van der Waals surface area contributed by atoms with E-state index in [1.165, 1.54) is 30.2 Å². The third-order valence-corrected chi connectivity index (χ3v) is 5.78. The molecule has 23 heavy (non-hydrogen) atoms. The van der Waals surface area contributed by atoms with Crippen LogP contribution in [0.2, 0.25) is 0 Å². The van der Waals surface area contributed by atoms with Crippen molar-refractivity contribution in [3.05, 3.63) is 41.8 Å². The van der Waals surface area contributed by atoms with E-state index in [0.717, 1.165) is 24.6 Å². The Hall–Kier alpha value is -0.980. The largest absolute Gasteiger partial charge is 0.416 e. The summed E-state index contributed by atoms with van der Waals surface area (Å²) >= 11 is 3.72. The van der Waals surface area contributed by atoms with Crippen molar-refractivity contribution < 1.29 is 4.42 Å². The van der Waals surface area contributed by atoms with E-state index in [1.54, 1.807) is 11.8 Å². The van der Waals surface area contributed by atoms with Gasteiger partial charge in [-0.2, -0.15) is 11.8 Å². The standard InChI is InChI=1S/C17H23N3OS2/c1-14(15-5-3-2-4-6-15)13-16-18-19-17(21-16)23-12-9-20-7-10-22-11-8-20/h2-6,14H,7-13H2,1H3/t14-/m0/s1. The summed E-state index contributed by atoms with van der Waals surface area (Å²) in [6.07, 6.45) is 0.793. The highest BCUT2D eigenvalue weighted by molar-refractivity contribution is 7.99. The Bertz CT molecular complexity index is 585. The van der Waals surface area contributed by atoms with Crippen LogP contribution in [0.3, 0.4) is 0 Å². The van der Waals surface area contributed by atoms with Crippen molar-refractivity contribution in [2.75, 3.05) is 36.9 Å². The minimum atomic E-state index is 0.389. The molecular weight excluding hydrogens is 326 g/mol. The van der Waals surface area contributed by atoms with Gasteiger partial charge in [0.1, 0.15) is 0 Å². The topological polar surface area (TPSA) is 42.2 Å². The smallest absolute Gasteiger partial charge is 0.276 e. The Balaban J connectivity index is 1.44. The molecule has 1 aliphatic heterocycles. The predicted molar refractivity (Wildman–Crippen MR) is 97.3 cm³/mol. The van der Waals surface area contributed by atoms with Gasteiger partial charge >= 0.3 is 0 Å². The predicted octanol–water partition coefficient (Wildman–Crippen LogP) is 3.56. The van der Waals surface area contributed by atoms with Crippen LogP contribution < -0.4 is 0 Å². The molecule has 1 fully saturated rings. The lowest BCUT2D eigenvalue weighted by Crippen LogP contribution is -2.34. The number of thioether (sulfide) groups is 2. The second kappa shape index (κ2) is 8.76. The summed E-state index contributed by atoms with van der Waals surface area (Å²) in [6, 6.07) is 10.5. The molecule has 2 aromatic rings. The first-order valence-electron chi connectivity index (χ1n) is 8.11. The zero-order valence-electron chi connectivity index (χ0n) is 13.5. The number of hydrogen-bond donors (Lipinski definition) is 0. The number of nitrogens with zero attached hydrogens (tertiary/aromatic N) is 3. The highest BCUT2D eigenvalue weighted by Gasteiger charge is 2.14. The fourth-order valence-electron chi connectivity index (χ4n) is 2.63. The van der Waals surface area contributed by atoms with E-state index in [2.05, 4.69) is 46.3 Å². The SMILES string of the molecule is C[C@@H](Cc1nnc(SCCN2CCSCC2)o1)c1ccccc1. The molecule has 124 valence electrons. The third-order valence-electron chi connectivity index (χ3n) is 4.03. The summed E-state index contributed by atoms with van der Waals surface area (Å²) < 4.78 is 5.78. The quantitative estimate of drug-likeness (QED) is 0.712. The lowest BCUT2D eigenvalue weighted by atomic mass is 9.98. The zero-order chi connectivity index (χ0) is 15.9. The van der Waals surface area contributed by atoms with Gasteiger partial charge in [0.05, 0.1) is 0 Å². The van der Waals surface area contributed by atoms with Gasteiger partial charge in [0.15, 0.2) is 0 Å². The summed E-state index contributed by atoms with van der Waals surface area (Å²) in [4.78, 5) is 2.51. The number of hydrogen-bond acceptors (Lipinski definition) is 6. The van der Waals surface area contributed by atoms with Crippen LogP contribution in [0.5, 0.6) is 0 Å². The molecule has 0 N–H and O–H groups in total. The maximum absolute atomic E-state index is 5.78. The van der Waals surface area contributed by atoms with Crippen molar-refractivity contribution in [2.24, 2.45) is 0 Å². The molecule has 2 heterocycles. The maximum atomic E-state index is 5.78. The molecular formula is C17H23N3OS2. The van der Waals surface area contributed by atoms with Crippen molar-refractivity contribution in [2.45, 2.75) is 24.5 Å². The average molecular weight is 350 g/mol. The number of aromatic nitrogens is 2. The normalized spacial score (nSPS) is 17.3. The van der Waals surface area contributed by atoms with Crippen molar-refractivity contribution in [3.8, 4) is 0 Å². The van der Waals surface area contributed by atoms with E-state index in [1.807, 2.05) is 17.8 Å². The molecule has 0 aliphatic carbocycles. The Morgan fingerprint density at radius 1 is 1.22 bits per heavy atom. The minimum Gasteiger partial charge on any atom is -0.416 e. The third kappa shape index (κ3) is 5.26. The lowest BCUT2D eigenvalue weighted by molar-refractivity contribution is 0.322. The van der Waals surface area contributed by atoms with Crippen LogP contribution in [0.15, 0.2) is 40.0 Å². The summed E-state index contributed by atoms with van der Waals surface area (Å²) in [6.45, 7) is 5.70. The first-order valence-corrected chi connectivity index (χ1v) is 10.3. The summed E-state index contributed by atoms with van der Waals surface area (Å²) in [7, 11) is 0. The molecule has 1 atom stereocenters. The van der Waals surface area contributed by atoms with Crippen LogP contribution in [-0.2, 0) is 6.42 Å². The molecule has 0 saturated carbocycles. The monoisotopic (exact) mass is 349 g/mol. The lowest BCUT2D eigenvalue weighted by Gasteiger charge is -2.25. The fourth-order valence-corrected chi connectivity index (χ4v) is 4.38. The second-order valence-electron chi connectivity index (χ2n) is 5.78. The molecule has 4 nitrogen and oxygen atoms in total. The van der Waals surface area contributed by atoms with Crippen LogP contribution >= 0.6 is 23.5 Å². The zero-order valence-corrected chi connectivity index (χ0v) is 15.1. The molecule has 0 radical (unpaired) electrons. The van der Waals surface area contributed by atoms with Crippen LogP contribution in [0, 0.1) is 0 Å². The summed E-state index contributed by atoms with van der Waals surface area (Å²) in [5, 5.41) is 9.06. The van der Waals surface area contributed by atoms with E-state index in [9.17, 15) is 0 Å². The molecule has 0 amide bonds. The minimum absolute atomic E-state index is 0.389. The molecule has 0 unspecified atom stereocenters. The summed E-state index contributed by atoms with van der Waals surface area (Å²) in [5.41, 5.74) is 1.31. The van der Waals surface area contributed by atoms with Gasteiger partial charge < -0.3 is 9.32 Å².